The Morgan fingerprint density at radius 2 is 1.92 bits per heavy atom. The highest BCUT2D eigenvalue weighted by atomic mass is 32.1. The average molecular weight is 350 g/mol. The third kappa shape index (κ3) is 4.06. The molecule has 4 nitrogen and oxygen atoms in total. The molecular weight excluding hydrogens is 328 g/mol. The highest BCUT2D eigenvalue weighted by Crippen LogP contribution is 2.18. The number of hydrogen-bond donors (Lipinski definition) is 2. The van der Waals surface area contributed by atoms with Crippen molar-refractivity contribution >= 4 is 23.0 Å². The summed E-state index contributed by atoms with van der Waals surface area (Å²) in [5.41, 5.74) is 5.69. The van der Waals surface area contributed by atoms with Crippen LogP contribution in [0.3, 0.4) is 0 Å². The molecule has 0 fully saturated rings. The van der Waals surface area contributed by atoms with E-state index >= 15 is 0 Å². The van der Waals surface area contributed by atoms with Crippen molar-refractivity contribution in [2.45, 2.75) is 27.3 Å². The Balaban J connectivity index is 1.71. The van der Waals surface area contributed by atoms with E-state index in [1.165, 1.54) is 11.1 Å². The molecule has 0 aliphatic rings. The van der Waals surface area contributed by atoms with Crippen LogP contribution in [0.4, 0.5) is 5.69 Å². The first-order chi connectivity index (χ1) is 12.0. The number of anilines is 1. The van der Waals surface area contributed by atoms with E-state index in [0.717, 1.165) is 22.8 Å². The third-order valence-corrected chi connectivity index (χ3v) is 4.40. The van der Waals surface area contributed by atoms with Gasteiger partial charge in [-0.15, -0.1) is 0 Å². The van der Waals surface area contributed by atoms with Gasteiger partial charge in [0.1, 0.15) is 5.82 Å². The number of para-hydroxylation sites is 1. The van der Waals surface area contributed by atoms with Crippen LogP contribution in [0.5, 0.6) is 0 Å². The van der Waals surface area contributed by atoms with E-state index in [9.17, 15) is 0 Å². The van der Waals surface area contributed by atoms with Crippen molar-refractivity contribution < 1.29 is 0 Å². The van der Waals surface area contributed by atoms with Gasteiger partial charge in [-0.25, -0.2) is 4.98 Å². The zero-order valence-electron chi connectivity index (χ0n) is 14.7. The predicted octanol–water partition coefficient (Wildman–Crippen LogP) is 4.28. The normalized spacial score (nSPS) is 10.5. The maximum absolute atomic E-state index is 5.47. The summed E-state index contributed by atoms with van der Waals surface area (Å²) in [4.78, 5) is 4.31. The minimum atomic E-state index is 0.617. The molecule has 0 atom stereocenters. The summed E-state index contributed by atoms with van der Waals surface area (Å²) in [6.07, 6.45) is 3.78. The standard InChI is InChI=1S/C20H22N4S/c1-14-8-9-15(2)18(12-14)23-20(25)22-13-17-6-4-5-7-19(17)24-11-10-21-16(24)3/h4-12H,13H2,1-3H3,(H2,22,23,25). The Hall–Kier alpha value is -2.66. The Labute approximate surface area is 153 Å². The van der Waals surface area contributed by atoms with Gasteiger partial charge in [0, 0.05) is 24.6 Å². The molecule has 25 heavy (non-hydrogen) atoms. The lowest BCUT2D eigenvalue weighted by Gasteiger charge is -2.15. The van der Waals surface area contributed by atoms with Gasteiger partial charge in [-0.3, -0.25) is 0 Å². The average Bonchev–Trinajstić information content (AvgIpc) is 3.02. The molecule has 0 saturated heterocycles. The zero-order valence-corrected chi connectivity index (χ0v) is 15.5. The molecule has 1 aromatic heterocycles. The largest absolute Gasteiger partial charge is 0.358 e. The van der Waals surface area contributed by atoms with Crippen LogP contribution < -0.4 is 10.6 Å². The second-order valence-corrected chi connectivity index (χ2v) is 6.51. The third-order valence-electron chi connectivity index (χ3n) is 4.16. The molecule has 0 unspecified atom stereocenters. The quantitative estimate of drug-likeness (QED) is 0.689. The summed E-state index contributed by atoms with van der Waals surface area (Å²) in [6.45, 7) is 6.79. The first-order valence-electron chi connectivity index (χ1n) is 8.25. The van der Waals surface area contributed by atoms with Crippen molar-refractivity contribution in [1.82, 2.24) is 14.9 Å². The molecule has 0 radical (unpaired) electrons. The smallest absolute Gasteiger partial charge is 0.171 e. The molecule has 2 aromatic carbocycles. The Morgan fingerprint density at radius 1 is 1.12 bits per heavy atom. The van der Waals surface area contributed by atoms with Crippen LogP contribution in [0.1, 0.15) is 22.5 Å². The van der Waals surface area contributed by atoms with E-state index in [1.807, 2.05) is 31.5 Å². The number of imidazole rings is 1. The summed E-state index contributed by atoms with van der Waals surface area (Å²) in [5.74, 6) is 0.962. The fraction of sp³-hybridized carbons (Fsp3) is 0.200. The first kappa shape index (κ1) is 17.2. The molecule has 0 aliphatic heterocycles. The van der Waals surface area contributed by atoms with Gasteiger partial charge in [0.05, 0.1) is 5.69 Å². The number of nitrogens with one attached hydrogen (secondary N) is 2. The van der Waals surface area contributed by atoms with E-state index in [4.69, 9.17) is 12.2 Å². The zero-order chi connectivity index (χ0) is 17.8. The van der Waals surface area contributed by atoms with Gasteiger partial charge in [-0.2, -0.15) is 0 Å². The maximum Gasteiger partial charge on any atom is 0.171 e. The number of rotatable bonds is 4. The molecular formula is C20H22N4S. The molecule has 5 heteroatoms. The van der Waals surface area contributed by atoms with Crippen molar-refractivity contribution in [3.05, 3.63) is 77.4 Å². The Morgan fingerprint density at radius 3 is 2.68 bits per heavy atom. The van der Waals surface area contributed by atoms with E-state index in [1.54, 1.807) is 0 Å². The summed E-state index contributed by atoms with van der Waals surface area (Å²) >= 11 is 5.47. The molecule has 0 amide bonds. The van der Waals surface area contributed by atoms with Crippen LogP contribution in [0.15, 0.2) is 54.9 Å². The van der Waals surface area contributed by atoms with Gasteiger partial charge in [-0.05, 0) is 61.8 Å². The Kier molecular flexibility index (Phi) is 5.14. The van der Waals surface area contributed by atoms with Crippen LogP contribution in [-0.2, 0) is 6.54 Å². The number of nitrogens with zero attached hydrogens (tertiary/aromatic N) is 2. The van der Waals surface area contributed by atoms with Gasteiger partial charge in [0.2, 0.25) is 0 Å². The number of hydrogen-bond acceptors (Lipinski definition) is 2. The van der Waals surface area contributed by atoms with Crippen LogP contribution in [0.2, 0.25) is 0 Å². The van der Waals surface area contributed by atoms with Crippen molar-refractivity contribution in [1.29, 1.82) is 0 Å². The fourth-order valence-electron chi connectivity index (χ4n) is 2.74. The van der Waals surface area contributed by atoms with Crippen molar-refractivity contribution in [2.24, 2.45) is 0 Å². The topological polar surface area (TPSA) is 41.9 Å². The summed E-state index contributed by atoms with van der Waals surface area (Å²) < 4.78 is 2.08. The number of benzene rings is 2. The summed E-state index contributed by atoms with van der Waals surface area (Å²) in [7, 11) is 0. The highest BCUT2D eigenvalue weighted by molar-refractivity contribution is 7.80. The van der Waals surface area contributed by atoms with Crippen molar-refractivity contribution in [3.8, 4) is 5.69 Å². The maximum atomic E-state index is 5.47. The fourth-order valence-corrected chi connectivity index (χ4v) is 2.92. The number of thiocarbonyl (C=S) groups is 1. The minimum Gasteiger partial charge on any atom is -0.358 e. The minimum absolute atomic E-state index is 0.617. The number of aryl methyl sites for hydroxylation is 3. The molecule has 1 heterocycles. The van der Waals surface area contributed by atoms with E-state index < -0.39 is 0 Å². The molecule has 0 bridgehead atoms. The highest BCUT2D eigenvalue weighted by Gasteiger charge is 2.07. The lowest BCUT2D eigenvalue weighted by atomic mass is 10.1. The molecule has 0 aliphatic carbocycles. The lowest BCUT2D eigenvalue weighted by Crippen LogP contribution is -2.28. The SMILES string of the molecule is Cc1ccc(C)c(NC(=S)NCc2ccccc2-n2ccnc2C)c1. The molecule has 0 saturated carbocycles. The molecule has 128 valence electrons. The second kappa shape index (κ2) is 7.49. The van der Waals surface area contributed by atoms with E-state index in [0.29, 0.717) is 11.7 Å². The number of aromatic nitrogens is 2. The van der Waals surface area contributed by atoms with Crippen LogP contribution >= 0.6 is 12.2 Å². The Bertz CT molecular complexity index is 898. The van der Waals surface area contributed by atoms with Gasteiger partial charge >= 0.3 is 0 Å². The monoisotopic (exact) mass is 350 g/mol. The molecule has 2 N–H and O–H groups in total. The predicted molar refractivity (Wildman–Crippen MR) is 107 cm³/mol. The second-order valence-electron chi connectivity index (χ2n) is 6.10. The summed E-state index contributed by atoms with van der Waals surface area (Å²) in [5, 5.41) is 7.21. The van der Waals surface area contributed by atoms with Gasteiger partial charge in [0.25, 0.3) is 0 Å². The van der Waals surface area contributed by atoms with Crippen molar-refractivity contribution in [3.63, 3.8) is 0 Å². The van der Waals surface area contributed by atoms with Crippen LogP contribution in [0.25, 0.3) is 5.69 Å². The molecule has 3 aromatic rings. The summed E-state index contributed by atoms with van der Waals surface area (Å²) in [6, 6.07) is 14.6. The van der Waals surface area contributed by atoms with Gasteiger partial charge < -0.3 is 15.2 Å². The molecule has 0 spiro atoms. The van der Waals surface area contributed by atoms with Crippen LogP contribution in [0, 0.1) is 20.8 Å². The van der Waals surface area contributed by atoms with Gasteiger partial charge in [-0.1, -0.05) is 30.3 Å². The lowest BCUT2D eigenvalue weighted by molar-refractivity contribution is 0.885. The first-order valence-corrected chi connectivity index (χ1v) is 8.66. The van der Waals surface area contributed by atoms with E-state index in [2.05, 4.69) is 64.4 Å². The van der Waals surface area contributed by atoms with Crippen LogP contribution in [-0.4, -0.2) is 14.7 Å². The van der Waals surface area contributed by atoms with Gasteiger partial charge in [0.15, 0.2) is 5.11 Å². The molecule has 3 rings (SSSR count). The van der Waals surface area contributed by atoms with E-state index in [-0.39, 0.29) is 0 Å². The van der Waals surface area contributed by atoms with Crippen molar-refractivity contribution in [2.75, 3.05) is 5.32 Å².